The SMILES string of the molecule is N#CC(NC(=O)c1occc1COc1ccccc1)c1cccc(C(F)(F)F)c1. The van der Waals surface area contributed by atoms with Crippen molar-refractivity contribution in [3.63, 3.8) is 0 Å². The van der Waals surface area contributed by atoms with Gasteiger partial charge in [0.15, 0.2) is 5.76 Å². The maximum atomic E-state index is 12.9. The second kappa shape index (κ2) is 8.52. The molecule has 5 nitrogen and oxygen atoms in total. The van der Waals surface area contributed by atoms with Crippen LogP contribution in [0.3, 0.4) is 0 Å². The third-order valence-corrected chi connectivity index (χ3v) is 4.04. The van der Waals surface area contributed by atoms with Gasteiger partial charge >= 0.3 is 6.18 Å². The Bertz CT molecular complexity index is 1020. The molecule has 0 radical (unpaired) electrons. The number of nitriles is 1. The van der Waals surface area contributed by atoms with Gasteiger partial charge in [0.1, 0.15) is 18.4 Å². The molecule has 1 unspecified atom stereocenters. The molecule has 0 fully saturated rings. The average Bonchev–Trinajstić information content (AvgIpc) is 3.19. The monoisotopic (exact) mass is 400 g/mol. The first-order valence-electron chi connectivity index (χ1n) is 8.50. The van der Waals surface area contributed by atoms with E-state index < -0.39 is 23.7 Å². The van der Waals surface area contributed by atoms with Crippen LogP contribution in [0.25, 0.3) is 0 Å². The van der Waals surface area contributed by atoms with E-state index in [0.29, 0.717) is 11.3 Å². The van der Waals surface area contributed by atoms with Crippen molar-refractivity contribution in [1.29, 1.82) is 5.26 Å². The summed E-state index contributed by atoms with van der Waals surface area (Å²) in [6.45, 7) is 0.0457. The van der Waals surface area contributed by atoms with Gasteiger partial charge in [0.05, 0.1) is 17.9 Å². The molecule has 0 aliphatic heterocycles. The van der Waals surface area contributed by atoms with E-state index in [-0.39, 0.29) is 17.9 Å². The lowest BCUT2D eigenvalue weighted by Gasteiger charge is -2.14. The molecule has 1 heterocycles. The van der Waals surface area contributed by atoms with Crippen LogP contribution in [0.15, 0.2) is 71.3 Å². The standard InChI is InChI=1S/C21H15F3N2O3/c22-21(23,24)16-6-4-5-14(11-16)18(12-25)26-20(27)19-15(9-10-28-19)13-29-17-7-2-1-3-8-17/h1-11,18H,13H2,(H,26,27). The summed E-state index contributed by atoms with van der Waals surface area (Å²) in [5.74, 6) is -0.210. The first kappa shape index (κ1) is 20.0. The summed E-state index contributed by atoms with van der Waals surface area (Å²) in [7, 11) is 0. The maximum absolute atomic E-state index is 12.9. The zero-order valence-electron chi connectivity index (χ0n) is 14.9. The van der Waals surface area contributed by atoms with Gasteiger partial charge < -0.3 is 14.5 Å². The molecule has 8 heteroatoms. The lowest BCUT2D eigenvalue weighted by molar-refractivity contribution is -0.137. The number of furan rings is 1. The van der Waals surface area contributed by atoms with E-state index >= 15 is 0 Å². The van der Waals surface area contributed by atoms with Crippen LogP contribution in [0, 0.1) is 11.3 Å². The summed E-state index contributed by atoms with van der Waals surface area (Å²) in [5.41, 5.74) is -0.448. The van der Waals surface area contributed by atoms with E-state index in [1.165, 1.54) is 18.4 Å². The number of rotatable bonds is 6. The van der Waals surface area contributed by atoms with Crippen molar-refractivity contribution >= 4 is 5.91 Å². The van der Waals surface area contributed by atoms with Crippen LogP contribution < -0.4 is 10.1 Å². The molecule has 1 amide bonds. The highest BCUT2D eigenvalue weighted by Gasteiger charge is 2.31. The number of carbonyl (C=O) groups is 1. The lowest BCUT2D eigenvalue weighted by Crippen LogP contribution is -2.28. The molecule has 0 saturated carbocycles. The molecule has 0 saturated heterocycles. The van der Waals surface area contributed by atoms with Crippen LogP contribution in [0.4, 0.5) is 13.2 Å². The van der Waals surface area contributed by atoms with Crippen LogP contribution in [-0.2, 0) is 12.8 Å². The van der Waals surface area contributed by atoms with Crippen LogP contribution in [0.1, 0.15) is 33.3 Å². The van der Waals surface area contributed by atoms with E-state index in [0.717, 1.165) is 12.1 Å². The van der Waals surface area contributed by atoms with Crippen molar-refractivity contribution in [1.82, 2.24) is 5.32 Å². The van der Waals surface area contributed by atoms with E-state index in [2.05, 4.69) is 5.32 Å². The van der Waals surface area contributed by atoms with Crippen molar-refractivity contribution in [3.05, 3.63) is 89.4 Å². The highest BCUT2D eigenvalue weighted by molar-refractivity contribution is 5.93. The molecule has 0 aliphatic rings. The summed E-state index contributed by atoms with van der Waals surface area (Å²) >= 11 is 0. The van der Waals surface area contributed by atoms with Crippen LogP contribution >= 0.6 is 0 Å². The largest absolute Gasteiger partial charge is 0.489 e. The average molecular weight is 400 g/mol. The van der Waals surface area contributed by atoms with E-state index in [4.69, 9.17) is 9.15 Å². The Balaban J connectivity index is 1.73. The van der Waals surface area contributed by atoms with E-state index in [1.807, 2.05) is 6.07 Å². The zero-order valence-corrected chi connectivity index (χ0v) is 14.9. The first-order chi connectivity index (χ1) is 13.9. The number of alkyl halides is 3. The summed E-state index contributed by atoms with van der Waals surface area (Å²) in [6, 6.07) is 15.2. The predicted octanol–water partition coefficient (Wildman–Crippen LogP) is 4.87. The van der Waals surface area contributed by atoms with Crippen molar-refractivity contribution in [2.75, 3.05) is 0 Å². The first-order valence-corrected chi connectivity index (χ1v) is 8.50. The molecular formula is C21H15F3N2O3. The fourth-order valence-corrected chi connectivity index (χ4v) is 2.61. The molecule has 1 aromatic heterocycles. The summed E-state index contributed by atoms with van der Waals surface area (Å²) in [4.78, 5) is 12.5. The number of nitrogens with one attached hydrogen (secondary N) is 1. The highest BCUT2D eigenvalue weighted by atomic mass is 19.4. The van der Waals surface area contributed by atoms with Gasteiger partial charge in [-0.1, -0.05) is 30.3 Å². The summed E-state index contributed by atoms with van der Waals surface area (Å²) in [6.07, 6.45) is -3.26. The summed E-state index contributed by atoms with van der Waals surface area (Å²) < 4.78 is 49.5. The number of halogens is 3. The molecule has 3 rings (SSSR count). The number of benzene rings is 2. The fourth-order valence-electron chi connectivity index (χ4n) is 2.61. The normalized spacial score (nSPS) is 12.1. The quantitative estimate of drug-likeness (QED) is 0.640. The third-order valence-electron chi connectivity index (χ3n) is 4.04. The van der Waals surface area contributed by atoms with E-state index in [9.17, 15) is 23.2 Å². The molecule has 29 heavy (non-hydrogen) atoms. The van der Waals surface area contributed by atoms with Crippen LogP contribution in [0.2, 0.25) is 0 Å². The molecule has 0 aliphatic carbocycles. The highest BCUT2D eigenvalue weighted by Crippen LogP contribution is 2.30. The number of nitrogens with zero attached hydrogens (tertiary/aromatic N) is 1. The van der Waals surface area contributed by atoms with Gasteiger partial charge in [-0.05, 0) is 35.9 Å². The van der Waals surface area contributed by atoms with E-state index in [1.54, 1.807) is 36.4 Å². The zero-order chi connectivity index (χ0) is 20.9. The van der Waals surface area contributed by atoms with Crippen molar-refractivity contribution in [2.45, 2.75) is 18.8 Å². The van der Waals surface area contributed by atoms with Crippen molar-refractivity contribution in [3.8, 4) is 11.8 Å². The molecular weight excluding hydrogens is 385 g/mol. The number of amides is 1. The van der Waals surface area contributed by atoms with Crippen molar-refractivity contribution in [2.24, 2.45) is 0 Å². The van der Waals surface area contributed by atoms with Gasteiger partial charge in [0.2, 0.25) is 0 Å². The van der Waals surface area contributed by atoms with Gasteiger partial charge in [-0.25, -0.2) is 0 Å². The second-order valence-electron chi connectivity index (χ2n) is 6.04. The molecule has 0 spiro atoms. The smallest absolute Gasteiger partial charge is 0.416 e. The lowest BCUT2D eigenvalue weighted by atomic mass is 10.0. The number of hydrogen-bond acceptors (Lipinski definition) is 4. The molecule has 148 valence electrons. The fraction of sp³-hybridized carbons (Fsp3) is 0.143. The Kier molecular flexibility index (Phi) is 5.88. The minimum absolute atomic E-state index is 0.0179. The van der Waals surface area contributed by atoms with Gasteiger partial charge in [0, 0.05) is 5.56 Å². The Labute approximate surface area is 164 Å². The molecule has 1 atom stereocenters. The minimum atomic E-state index is -4.55. The Morgan fingerprint density at radius 2 is 1.90 bits per heavy atom. The number of ether oxygens (including phenoxy) is 1. The molecule has 2 aromatic carbocycles. The van der Waals surface area contributed by atoms with Gasteiger partial charge in [-0.3, -0.25) is 4.79 Å². The Morgan fingerprint density at radius 1 is 1.14 bits per heavy atom. The second-order valence-corrected chi connectivity index (χ2v) is 6.04. The van der Waals surface area contributed by atoms with Crippen LogP contribution in [0.5, 0.6) is 5.75 Å². The van der Waals surface area contributed by atoms with Gasteiger partial charge in [-0.15, -0.1) is 0 Å². The summed E-state index contributed by atoms with van der Waals surface area (Å²) in [5, 5.41) is 11.7. The molecule has 3 aromatic rings. The Morgan fingerprint density at radius 3 is 2.59 bits per heavy atom. The molecule has 0 bridgehead atoms. The van der Waals surface area contributed by atoms with Gasteiger partial charge in [0.25, 0.3) is 5.91 Å². The number of hydrogen-bond donors (Lipinski definition) is 1. The minimum Gasteiger partial charge on any atom is -0.489 e. The molecule has 1 N–H and O–H groups in total. The van der Waals surface area contributed by atoms with Crippen molar-refractivity contribution < 1.29 is 27.1 Å². The predicted molar refractivity (Wildman–Crippen MR) is 96.7 cm³/mol. The van der Waals surface area contributed by atoms with Gasteiger partial charge in [-0.2, -0.15) is 18.4 Å². The Hall–Kier alpha value is -3.73. The number of para-hydroxylation sites is 1. The third kappa shape index (κ3) is 4.96. The topological polar surface area (TPSA) is 75.3 Å². The number of carbonyl (C=O) groups excluding carboxylic acids is 1. The maximum Gasteiger partial charge on any atom is 0.416 e. The van der Waals surface area contributed by atoms with Crippen LogP contribution in [-0.4, -0.2) is 5.91 Å².